The highest BCUT2D eigenvalue weighted by Crippen LogP contribution is 2.40. The van der Waals surface area contributed by atoms with Gasteiger partial charge in [0.15, 0.2) is 0 Å². The molecule has 0 saturated carbocycles. The Morgan fingerprint density at radius 1 is 1.31 bits per heavy atom. The second-order valence-electron chi connectivity index (χ2n) is 8.67. The van der Waals surface area contributed by atoms with Crippen molar-refractivity contribution in [3.8, 4) is 0 Å². The number of ether oxygens (including phenoxy) is 2. The van der Waals surface area contributed by atoms with Crippen molar-refractivity contribution < 1.29 is 23.0 Å². The molecule has 1 unspecified atom stereocenters. The molecular weight excluding hydrogens is 384 g/mol. The molecule has 7 nitrogen and oxygen atoms in total. The molecule has 0 bridgehead atoms. The number of hydrogen-bond donors (Lipinski definition) is 1. The van der Waals surface area contributed by atoms with Gasteiger partial charge in [0, 0.05) is 50.9 Å². The van der Waals surface area contributed by atoms with Gasteiger partial charge < -0.3 is 19.4 Å². The Labute approximate surface area is 169 Å². The van der Waals surface area contributed by atoms with Gasteiger partial charge in [0.25, 0.3) is 11.5 Å². The van der Waals surface area contributed by atoms with Gasteiger partial charge in [-0.25, -0.2) is 13.6 Å². The van der Waals surface area contributed by atoms with Crippen LogP contribution in [-0.4, -0.2) is 71.8 Å². The molecule has 29 heavy (non-hydrogen) atoms. The number of halogens is 2. The molecule has 1 N–H and O–H groups in total. The van der Waals surface area contributed by atoms with Crippen LogP contribution in [0.5, 0.6) is 0 Å². The molecule has 0 aliphatic carbocycles. The van der Waals surface area contributed by atoms with Crippen LogP contribution in [0.25, 0.3) is 0 Å². The SMILES string of the molecule is CC(C)(C)OC(=O)N1CCC(F)(F)C(c2c[nH]c(=O)c(CN3CCOCC3)c2)C1. The van der Waals surface area contributed by atoms with E-state index in [0.717, 1.165) is 0 Å². The van der Waals surface area contributed by atoms with Crippen molar-refractivity contribution in [2.45, 2.75) is 51.2 Å². The van der Waals surface area contributed by atoms with Crippen molar-refractivity contribution in [2.24, 2.45) is 0 Å². The zero-order valence-corrected chi connectivity index (χ0v) is 17.2. The van der Waals surface area contributed by atoms with E-state index >= 15 is 0 Å². The lowest BCUT2D eigenvalue weighted by molar-refractivity contribution is -0.0772. The van der Waals surface area contributed by atoms with Crippen LogP contribution in [-0.2, 0) is 16.0 Å². The molecule has 3 heterocycles. The molecule has 2 aliphatic rings. The van der Waals surface area contributed by atoms with Crippen LogP contribution >= 0.6 is 0 Å². The molecule has 2 saturated heterocycles. The van der Waals surface area contributed by atoms with Gasteiger partial charge >= 0.3 is 6.09 Å². The molecule has 0 aromatic carbocycles. The number of amides is 1. The monoisotopic (exact) mass is 413 g/mol. The van der Waals surface area contributed by atoms with Gasteiger partial charge in [-0.15, -0.1) is 0 Å². The van der Waals surface area contributed by atoms with Crippen molar-refractivity contribution in [3.63, 3.8) is 0 Å². The van der Waals surface area contributed by atoms with E-state index in [4.69, 9.17) is 9.47 Å². The minimum Gasteiger partial charge on any atom is -0.444 e. The minimum atomic E-state index is -2.98. The number of H-pyrrole nitrogens is 1. The van der Waals surface area contributed by atoms with Crippen LogP contribution in [0.15, 0.2) is 17.1 Å². The summed E-state index contributed by atoms with van der Waals surface area (Å²) in [5, 5.41) is 0. The molecule has 3 rings (SSSR count). The summed E-state index contributed by atoms with van der Waals surface area (Å²) in [5.41, 5.74) is -0.223. The summed E-state index contributed by atoms with van der Waals surface area (Å²) >= 11 is 0. The molecule has 9 heteroatoms. The van der Waals surface area contributed by atoms with E-state index in [1.807, 2.05) is 0 Å². The Balaban J connectivity index is 1.79. The molecule has 0 radical (unpaired) electrons. The number of rotatable bonds is 3. The van der Waals surface area contributed by atoms with Gasteiger partial charge in [-0.2, -0.15) is 0 Å². The smallest absolute Gasteiger partial charge is 0.410 e. The van der Waals surface area contributed by atoms with E-state index < -0.39 is 30.0 Å². The number of alkyl halides is 2. The first-order valence-corrected chi connectivity index (χ1v) is 9.92. The fourth-order valence-corrected chi connectivity index (χ4v) is 3.61. The Kier molecular flexibility index (Phi) is 6.28. The fourth-order valence-electron chi connectivity index (χ4n) is 3.61. The first-order chi connectivity index (χ1) is 13.5. The number of aromatic nitrogens is 1. The van der Waals surface area contributed by atoms with Crippen LogP contribution in [0, 0.1) is 0 Å². The fraction of sp³-hybridized carbons (Fsp3) is 0.700. The maximum Gasteiger partial charge on any atom is 0.410 e. The summed E-state index contributed by atoms with van der Waals surface area (Å²) in [6.07, 6.45) is 0.285. The standard InChI is InChI=1S/C20H29F2N3O4/c1-19(2,3)29-18(27)25-5-4-20(21,22)16(13-25)14-10-15(17(26)23-11-14)12-24-6-8-28-9-7-24/h10-11,16H,4-9,12-13H2,1-3H3,(H,23,26). The number of nitrogens with one attached hydrogen (secondary N) is 1. The average Bonchev–Trinajstić information content (AvgIpc) is 2.63. The number of hydrogen-bond acceptors (Lipinski definition) is 5. The average molecular weight is 413 g/mol. The van der Waals surface area contributed by atoms with Crippen LogP contribution in [0.4, 0.5) is 13.6 Å². The molecule has 1 amide bonds. The number of carbonyl (C=O) groups is 1. The molecule has 1 atom stereocenters. The Morgan fingerprint density at radius 2 is 2.00 bits per heavy atom. The Bertz CT molecular complexity index is 785. The number of pyridine rings is 1. The van der Waals surface area contributed by atoms with Crippen LogP contribution in [0.3, 0.4) is 0 Å². The second-order valence-corrected chi connectivity index (χ2v) is 8.67. The molecule has 2 aliphatic heterocycles. The van der Waals surface area contributed by atoms with Gasteiger partial charge in [0.1, 0.15) is 5.60 Å². The molecule has 0 spiro atoms. The van der Waals surface area contributed by atoms with Crippen LogP contribution < -0.4 is 5.56 Å². The molecule has 162 valence electrons. The topological polar surface area (TPSA) is 74.9 Å². The normalized spacial score (nSPS) is 23.1. The summed E-state index contributed by atoms with van der Waals surface area (Å²) in [7, 11) is 0. The number of aromatic amines is 1. The van der Waals surface area contributed by atoms with Crippen LogP contribution in [0.1, 0.15) is 44.2 Å². The lowest BCUT2D eigenvalue weighted by atomic mass is 9.87. The quantitative estimate of drug-likeness (QED) is 0.825. The Morgan fingerprint density at radius 3 is 2.66 bits per heavy atom. The number of carbonyl (C=O) groups excluding carboxylic acids is 1. The maximum atomic E-state index is 14.7. The van der Waals surface area contributed by atoms with Crippen molar-refractivity contribution >= 4 is 6.09 Å². The largest absolute Gasteiger partial charge is 0.444 e. The predicted molar refractivity (Wildman–Crippen MR) is 103 cm³/mol. The first kappa shape index (κ1) is 21.7. The molecule has 1 aromatic heterocycles. The van der Waals surface area contributed by atoms with Gasteiger partial charge in [0.05, 0.1) is 19.1 Å². The Hall–Kier alpha value is -2.00. The molecule has 1 aromatic rings. The predicted octanol–water partition coefficient (Wildman–Crippen LogP) is 2.57. The van der Waals surface area contributed by atoms with Crippen LogP contribution in [0.2, 0.25) is 0 Å². The lowest BCUT2D eigenvalue weighted by Crippen LogP contribution is -2.49. The van der Waals surface area contributed by atoms with E-state index in [1.165, 1.54) is 11.1 Å². The highest BCUT2D eigenvalue weighted by atomic mass is 19.3. The highest BCUT2D eigenvalue weighted by molar-refractivity contribution is 5.68. The second kappa shape index (κ2) is 8.39. The number of nitrogens with zero attached hydrogens (tertiary/aromatic N) is 2. The lowest BCUT2D eigenvalue weighted by Gasteiger charge is -2.39. The third kappa shape index (κ3) is 5.54. The minimum absolute atomic E-state index is 0.0671. The summed E-state index contributed by atoms with van der Waals surface area (Å²) in [6.45, 7) is 7.91. The van der Waals surface area contributed by atoms with Crippen molar-refractivity contribution in [3.05, 3.63) is 33.7 Å². The number of likely N-dealkylation sites (tertiary alicyclic amines) is 1. The molecular formula is C20H29F2N3O4. The zero-order chi connectivity index (χ0) is 21.2. The summed E-state index contributed by atoms with van der Waals surface area (Å²) in [4.78, 5) is 30.6. The van der Waals surface area contributed by atoms with Crippen molar-refractivity contribution in [1.82, 2.24) is 14.8 Å². The van der Waals surface area contributed by atoms with E-state index in [9.17, 15) is 18.4 Å². The van der Waals surface area contributed by atoms with E-state index in [-0.39, 0.29) is 18.6 Å². The van der Waals surface area contributed by atoms with Gasteiger partial charge in [-0.05, 0) is 32.4 Å². The first-order valence-electron chi connectivity index (χ1n) is 9.92. The molecule has 2 fully saturated rings. The van der Waals surface area contributed by atoms with E-state index in [1.54, 1.807) is 26.8 Å². The highest BCUT2D eigenvalue weighted by Gasteiger charge is 2.46. The van der Waals surface area contributed by atoms with E-state index in [2.05, 4.69) is 9.88 Å². The van der Waals surface area contributed by atoms with E-state index in [0.29, 0.717) is 44.0 Å². The van der Waals surface area contributed by atoms with Gasteiger partial charge in [-0.1, -0.05) is 0 Å². The summed E-state index contributed by atoms with van der Waals surface area (Å²) in [5.74, 6) is -4.18. The third-order valence-corrected chi connectivity index (χ3v) is 5.18. The number of morpholine rings is 1. The summed E-state index contributed by atoms with van der Waals surface area (Å²) < 4.78 is 40.1. The van der Waals surface area contributed by atoms with Crippen molar-refractivity contribution in [2.75, 3.05) is 39.4 Å². The zero-order valence-electron chi connectivity index (χ0n) is 17.2. The summed E-state index contributed by atoms with van der Waals surface area (Å²) in [6, 6.07) is 1.55. The van der Waals surface area contributed by atoms with Gasteiger partial charge in [-0.3, -0.25) is 9.69 Å². The van der Waals surface area contributed by atoms with Crippen molar-refractivity contribution in [1.29, 1.82) is 0 Å². The maximum absolute atomic E-state index is 14.7. The third-order valence-electron chi connectivity index (χ3n) is 5.18. The number of piperidine rings is 1. The van der Waals surface area contributed by atoms with Gasteiger partial charge in [0.2, 0.25) is 0 Å².